The van der Waals surface area contributed by atoms with E-state index in [4.69, 9.17) is 14.7 Å². The van der Waals surface area contributed by atoms with Gasteiger partial charge in [-0.2, -0.15) is 5.26 Å². The van der Waals surface area contributed by atoms with Gasteiger partial charge < -0.3 is 9.47 Å². The molecule has 0 bridgehead atoms. The van der Waals surface area contributed by atoms with Crippen molar-refractivity contribution in [3.05, 3.63) is 22.2 Å². The molecule has 0 heterocycles. The molecular weight excluding hydrogens is 258 g/mol. The Morgan fingerprint density at radius 1 is 1.40 bits per heavy atom. The zero-order valence-corrected chi connectivity index (χ0v) is 10.5. The van der Waals surface area contributed by atoms with Gasteiger partial charge in [0.05, 0.1) is 29.3 Å². The third kappa shape index (κ3) is 2.87. The van der Waals surface area contributed by atoms with Crippen molar-refractivity contribution >= 4 is 15.9 Å². The second-order valence-corrected chi connectivity index (χ2v) is 4.12. The van der Waals surface area contributed by atoms with Crippen molar-refractivity contribution in [3.8, 4) is 17.6 Å². The summed E-state index contributed by atoms with van der Waals surface area (Å²) in [5.74, 6) is 1.20. The average Bonchev–Trinajstić information content (AvgIpc) is 2.20. The van der Waals surface area contributed by atoms with Gasteiger partial charge in [-0.05, 0) is 35.8 Å². The van der Waals surface area contributed by atoms with Crippen molar-refractivity contribution < 1.29 is 9.47 Å². The van der Waals surface area contributed by atoms with Crippen LogP contribution in [-0.2, 0) is 0 Å². The van der Waals surface area contributed by atoms with Gasteiger partial charge in [0, 0.05) is 6.07 Å². The van der Waals surface area contributed by atoms with Crippen LogP contribution in [-0.4, -0.2) is 13.2 Å². The van der Waals surface area contributed by atoms with E-state index in [9.17, 15) is 0 Å². The summed E-state index contributed by atoms with van der Waals surface area (Å²) in [5, 5.41) is 8.79. The quantitative estimate of drug-likeness (QED) is 0.847. The monoisotopic (exact) mass is 269 g/mol. The van der Waals surface area contributed by atoms with E-state index in [0.29, 0.717) is 17.1 Å². The summed E-state index contributed by atoms with van der Waals surface area (Å²) in [5.41, 5.74) is 0.537. The molecule has 0 aliphatic rings. The fraction of sp³-hybridized carbons (Fsp3) is 0.364. The Morgan fingerprint density at radius 2 is 2.07 bits per heavy atom. The Kier molecular flexibility index (Phi) is 3.98. The topological polar surface area (TPSA) is 42.2 Å². The Labute approximate surface area is 97.7 Å². The van der Waals surface area contributed by atoms with Crippen LogP contribution in [0.1, 0.15) is 19.4 Å². The molecule has 1 aromatic carbocycles. The molecule has 0 spiro atoms. The van der Waals surface area contributed by atoms with Crippen LogP contribution < -0.4 is 9.47 Å². The van der Waals surface area contributed by atoms with Gasteiger partial charge in [-0.15, -0.1) is 0 Å². The summed E-state index contributed by atoms with van der Waals surface area (Å²) in [7, 11) is 1.55. The molecule has 0 atom stereocenters. The largest absolute Gasteiger partial charge is 0.493 e. The second kappa shape index (κ2) is 5.04. The smallest absolute Gasteiger partial charge is 0.175 e. The van der Waals surface area contributed by atoms with Gasteiger partial charge in [-0.1, -0.05) is 0 Å². The average molecular weight is 270 g/mol. The van der Waals surface area contributed by atoms with E-state index in [1.165, 1.54) is 0 Å². The van der Waals surface area contributed by atoms with E-state index < -0.39 is 0 Å². The molecule has 0 aliphatic carbocycles. The maximum atomic E-state index is 8.79. The zero-order chi connectivity index (χ0) is 11.4. The highest BCUT2D eigenvalue weighted by Crippen LogP contribution is 2.37. The standard InChI is InChI=1S/C11H12BrNO2/c1-7(2)15-11-9(12)4-8(6-13)5-10(11)14-3/h4-5,7H,1-3H3. The van der Waals surface area contributed by atoms with Crippen LogP contribution >= 0.6 is 15.9 Å². The first kappa shape index (κ1) is 11.9. The third-order valence-electron chi connectivity index (χ3n) is 1.71. The molecule has 0 N–H and O–H groups in total. The summed E-state index contributed by atoms with van der Waals surface area (Å²) in [4.78, 5) is 0. The van der Waals surface area contributed by atoms with Crippen LogP contribution in [0.15, 0.2) is 16.6 Å². The number of ether oxygens (including phenoxy) is 2. The van der Waals surface area contributed by atoms with Gasteiger partial charge >= 0.3 is 0 Å². The van der Waals surface area contributed by atoms with Crippen molar-refractivity contribution in [2.45, 2.75) is 20.0 Å². The molecule has 0 saturated heterocycles. The van der Waals surface area contributed by atoms with Gasteiger partial charge in [0.1, 0.15) is 0 Å². The molecule has 4 heteroatoms. The SMILES string of the molecule is COc1cc(C#N)cc(Br)c1OC(C)C. The summed E-state index contributed by atoms with van der Waals surface area (Å²) in [6.45, 7) is 3.87. The van der Waals surface area contributed by atoms with E-state index >= 15 is 0 Å². The van der Waals surface area contributed by atoms with Crippen molar-refractivity contribution in [2.75, 3.05) is 7.11 Å². The van der Waals surface area contributed by atoms with Crippen molar-refractivity contribution in [3.63, 3.8) is 0 Å². The van der Waals surface area contributed by atoms with Crippen LogP contribution in [0.2, 0.25) is 0 Å². The van der Waals surface area contributed by atoms with Crippen LogP contribution in [0.25, 0.3) is 0 Å². The molecule has 0 amide bonds. The van der Waals surface area contributed by atoms with E-state index in [0.717, 1.165) is 4.47 Å². The zero-order valence-electron chi connectivity index (χ0n) is 8.87. The Bertz CT molecular complexity index is 396. The van der Waals surface area contributed by atoms with Crippen molar-refractivity contribution in [2.24, 2.45) is 0 Å². The first-order valence-electron chi connectivity index (χ1n) is 4.52. The molecule has 15 heavy (non-hydrogen) atoms. The molecule has 0 radical (unpaired) electrons. The molecule has 0 aliphatic heterocycles. The Morgan fingerprint density at radius 3 is 2.53 bits per heavy atom. The number of halogens is 1. The first-order chi connectivity index (χ1) is 7.08. The highest BCUT2D eigenvalue weighted by Gasteiger charge is 2.12. The maximum Gasteiger partial charge on any atom is 0.175 e. The number of hydrogen-bond acceptors (Lipinski definition) is 3. The number of nitriles is 1. The van der Waals surface area contributed by atoms with Crippen LogP contribution in [0.3, 0.4) is 0 Å². The molecule has 1 rings (SSSR count). The molecule has 0 unspecified atom stereocenters. The van der Waals surface area contributed by atoms with Crippen molar-refractivity contribution in [1.82, 2.24) is 0 Å². The third-order valence-corrected chi connectivity index (χ3v) is 2.30. The van der Waals surface area contributed by atoms with Gasteiger partial charge in [-0.3, -0.25) is 0 Å². The predicted octanol–water partition coefficient (Wildman–Crippen LogP) is 3.12. The van der Waals surface area contributed by atoms with E-state index in [-0.39, 0.29) is 6.10 Å². The van der Waals surface area contributed by atoms with Crippen LogP contribution in [0.5, 0.6) is 11.5 Å². The highest BCUT2D eigenvalue weighted by atomic mass is 79.9. The minimum atomic E-state index is 0.0585. The van der Waals surface area contributed by atoms with E-state index in [1.54, 1.807) is 19.2 Å². The maximum absolute atomic E-state index is 8.79. The lowest BCUT2D eigenvalue weighted by Gasteiger charge is -2.15. The minimum Gasteiger partial charge on any atom is -0.493 e. The van der Waals surface area contributed by atoms with Crippen molar-refractivity contribution in [1.29, 1.82) is 5.26 Å². The van der Waals surface area contributed by atoms with Gasteiger partial charge in [0.2, 0.25) is 0 Å². The Hall–Kier alpha value is -1.21. The van der Waals surface area contributed by atoms with Crippen LogP contribution in [0.4, 0.5) is 0 Å². The highest BCUT2D eigenvalue weighted by molar-refractivity contribution is 9.10. The molecule has 0 fully saturated rings. The van der Waals surface area contributed by atoms with Crippen LogP contribution in [0, 0.1) is 11.3 Å². The number of benzene rings is 1. The fourth-order valence-electron chi connectivity index (χ4n) is 1.13. The molecule has 0 aromatic heterocycles. The number of methoxy groups -OCH3 is 1. The van der Waals surface area contributed by atoms with Gasteiger partial charge in [0.15, 0.2) is 11.5 Å². The Balaban J connectivity index is 3.20. The second-order valence-electron chi connectivity index (χ2n) is 3.27. The number of rotatable bonds is 3. The molecule has 3 nitrogen and oxygen atoms in total. The lowest BCUT2D eigenvalue weighted by Crippen LogP contribution is -2.07. The molecule has 80 valence electrons. The number of nitrogens with zero attached hydrogens (tertiary/aromatic N) is 1. The first-order valence-corrected chi connectivity index (χ1v) is 5.32. The fourth-order valence-corrected chi connectivity index (χ4v) is 1.67. The lowest BCUT2D eigenvalue weighted by molar-refractivity contribution is 0.228. The van der Waals surface area contributed by atoms with Gasteiger partial charge in [-0.25, -0.2) is 0 Å². The normalized spacial score (nSPS) is 9.87. The molecule has 0 saturated carbocycles. The minimum absolute atomic E-state index is 0.0585. The predicted molar refractivity (Wildman–Crippen MR) is 61.2 cm³/mol. The summed E-state index contributed by atoms with van der Waals surface area (Å²) in [6.07, 6.45) is 0.0585. The lowest BCUT2D eigenvalue weighted by atomic mass is 10.2. The van der Waals surface area contributed by atoms with E-state index in [1.807, 2.05) is 13.8 Å². The number of hydrogen-bond donors (Lipinski definition) is 0. The van der Waals surface area contributed by atoms with Gasteiger partial charge in [0.25, 0.3) is 0 Å². The molecular formula is C11H12BrNO2. The summed E-state index contributed by atoms with van der Waals surface area (Å²) >= 11 is 3.35. The van der Waals surface area contributed by atoms with E-state index in [2.05, 4.69) is 22.0 Å². The summed E-state index contributed by atoms with van der Waals surface area (Å²) < 4.78 is 11.5. The molecule has 1 aromatic rings. The summed E-state index contributed by atoms with van der Waals surface area (Å²) in [6, 6.07) is 5.42.